The molecule has 0 aliphatic rings. The molecule has 0 fully saturated rings. The van der Waals surface area contributed by atoms with Crippen LogP contribution in [0.5, 0.6) is 5.75 Å². The Kier molecular flexibility index (Phi) is 7.75. The van der Waals surface area contributed by atoms with Crippen molar-refractivity contribution in [2.75, 3.05) is 17.2 Å². The molecule has 0 spiro atoms. The molecule has 0 aromatic heterocycles. The zero-order chi connectivity index (χ0) is 20.5. The van der Waals surface area contributed by atoms with Crippen molar-refractivity contribution in [2.45, 2.75) is 33.6 Å². The molecule has 2 amide bonds. The Labute approximate surface area is 165 Å². The lowest BCUT2D eigenvalue weighted by Crippen LogP contribution is -2.17. The van der Waals surface area contributed by atoms with Gasteiger partial charge in [-0.2, -0.15) is 0 Å². The zero-order valence-corrected chi connectivity index (χ0v) is 16.5. The van der Waals surface area contributed by atoms with Crippen LogP contribution in [0.3, 0.4) is 0 Å². The third-order valence-electron chi connectivity index (χ3n) is 4.03. The summed E-state index contributed by atoms with van der Waals surface area (Å²) >= 11 is 0. The van der Waals surface area contributed by atoms with Crippen LogP contribution >= 0.6 is 0 Å². The second kappa shape index (κ2) is 10.3. The molecule has 2 aromatic carbocycles. The van der Waals surface area contributed by atoms with Gasteiger partial charge in [0.15, 0.2) is 5.78 Å². The van der Waals surface area contributed by atoms with Crippen LogP contribution in [0.2, 0.25) is 0 Å². The number of carbonyl (C=O) groups is 3. The lowest BCUT2D eigenvalue weighted by atomic mass is 10.1. The monoisotopic (exact) mass is 382 g/mol. The average molecular weight is 382 g/mol. The van der Waals surface area contributed by atoms with E-state index in [1.165, 1.54) is 0 Å². The third-order valence-corrected chi connectivity index (χ3v) is 4.03. The SMILES string of the molecule is CCOc1ccc(C(=O)CCC(=O)Nc2ccc(NC(=O)C(C)C)cc2)cc1. The number of anilines is 2. The van der Waals surface area contributed by atoms with Gasteiger partial charge in [0, 0.05) is 35.7 Å². The highest BCUT2D eigenvalue weighted by molar-refractivity contribution is 6.00. The standard InChI is InChI=1S/C22H26N2O4/c1-4-28-19-11-5-16(6-12-19)20(25)13-14-21(26)23-17-7-9-18(10-8-17)24-22(27)15(2)3/h5-12,15H,4,13-14H2,1-3H3,(H,23,26)(H,24,27). The Morgan fingerprint density at radius 2 is 1.43 bits per heavy atom. The predicted molar refractivity (Wildman–Crippen MR) is 110 cm³/mol. The summed E-state index contributed by atoms with van der Waals surface area (Å²) in [6.07, 6.45) is 0.222. The fourth-order valence-corrected chi connectivity index (χ4v) is 2.42. The van der Waals surface area contributed by atoms with Crippen molar-refractivity contribution in [2.24, 2.45) is 5.92 Å². The Morgan fingerprint density at radius 3 is 1.96 bits per heavy atom. The number of benzene rings is 2. The number of rotatable bonds is 9. The largest absolute Gasteiger partial charge is 0.494 e. The summed E-state index contributed by atoms with van der Waals surface area (Å²) in [5, 5.41) is 5.54. The molecule has 0 saturated heterocycles. The van der Waals surface area contributed by atoms with Crippen molar-refractivity contribution >= 4 is 29.0 Å². The minimum absolute atomic E-state index is 0.0652. The Bertz CT molecular complexity index is 811. The van der Waals surface area contributed by atoms with Gasteiger partial charge in [-0.15, -0.1) is 0 Å². The topological polar surface area (TPSA) is 84.5 Å². The van der Waals surface area contributed by atoms with Crippen molar-refractivity contribution in [1.82, 2.24) is 0 Å². The number of Topliss-reactive ketones (excluding diaryl/α,β-unsaturated/α-hetero) is 1. The summed E-state index contributed by atoms with van der Waals surface area (Å²) in [6, 6.07) is 13.8. The second-order valence-electron chi connectivity index (χ2n) is 6.65. The van der Waals surface area contributed by atoms with Gasteiger partial charge in [-0.25, -0.2) is 0 Å². The molecule has 6 heteroatoms. The third kappa shape index (κ3) is 6.54. The van der Waals surface area contributed by atoms with E-state index in [0.717, 1.165) is 0 Å². The van der Waals surface area contributed by atoms with Gasteiger partial charge < -0.3 is 15.4 Å². The first-order valence-electron chi connectivity index (χ1n) is 9.36. The summed E-state index contributed by atoms with van der Waals surface area (Å²) in [7, 11) is 0. The van der Waals surface area contributed by atoms with Crippen LogP contribution in [0, 0.1) is 5.92 Å². The van der Waals surface area contributed by atoms with Crippen LogP contribution in [0.25, 0.3) is 0 Å². The Balaban J connectivity index is 1.81. The quantitative estimate of drug-likeness (QED) is 0.634. The van der Waals surface area contributed by atoms with Gasteiger partial charge in [-0.1, -0.05) is 13.8 Å². The van der Waals surface area contributed by atoms with Crippen LogP contribution < -0.4 is 15.4 Å². The number of hydrogen-bond acceptors (Lipinski definition) is 4. The molecule has 148 valence electrons. The van der Waals surface area contributed by atoms with Gasteiger partial charge in [0.1, 0.15) is 5.75 Å². The number of hydrogen-bond donors (Lipinski definition) is 2. The molecule has 0 aliphatic heterocycles. The first-order valence-corrected chi connectivity index (χ1v) is 9.36. The minimum Gasteiger partial charge on any atom is -0.494 e. The number of carbonyl (C=O) groups excluding carboxylic acids is 3. The van der Waals surface area contributed by atoms with E-state index in [1.807, 2.05) is 20.8 Å². The van der Waals surface area contributed by atoms with Crippen molar-refractivity contribution < 1.29 is 19.1 Å². The molecule has 2 N–H and O–H groups in total. The van der Waals surface area contributed by atoms with E-state index >= 15 is 0 Å². The van der Waals surface area contributed by atoms with E-state index in [2.05, 4.69) is 10.6 Å². The number of ether oxygens (including phenoxy) is 1. The molecule has 2 aromatic rings. The highest BCUT2D eigenvalue weighted by Crippen LogP contribution is 2.16. The summed E-state index contributed by atoms with van der Waals surface area (Å²) < 4.78 is 5.35. The summed E-state index contributed by atoms with van der Waals surface area (Å²) in [6.45, 7) is 6.10. The summed E-state index contributed by atoms with van der Waals surface area (Å²) in [5.41, 5.74) is 1.84. The Hall–Kier alpha value is -3.15. The van der Waals surface area contributed by atoms with Gasteiger partial charge in [0.05, 0.1) is 6.61 Å². The van der Waals surface area contributed by atoms with Gasteiger partial charge in [-0.3, -0.25) is 14.4 Å². The highest BCUT2D eigenvalue weighted by Gasteiger charge is 2.11. The van der Waals surface area contributed by atoms with Crippen molar-refractivity contribution in [1.29, 1.82) is 0 Å². The van der Waals surface area contributed by atoms with Crippen molar-refractivity contribution in [3.8, 4) is 5.75 Å². The van der Waals surface area contributed by atoms with Crippen LogP contribution in [-0.2, 0) is 9.59 Å². The molecule has 0 aliphatic carbocycles. The van der Waals surface area contributed by atoms with E-state index in [0.29, 0.717) is 29.3 Å². The van der Waals surface area contributed by atoms with Gasteiger partial charge in [0.2, 0.25) is 11.8 Å². The maximum atomic E-state index is 12.2. The molecule has 0 saturated carbocycles. The lowest BCUT2D eigenvalue weighted by Gasteiger charge is -2.09. The molecule has 28 heavy (non-hydrogen) atoms. The molecule has 0 radical (unpaired) electrons. The molecule has 2 rings (SSSR count). The summed E-state index contributed by atoms with van der Waals surface area (Å²) in [4.78, 5) is 36.0. The molecule has 0 heterocycles. The fourth-order valence-electron chi connectivity index (χ4n) is 2.42. The minimum atomic E-state index is -0.238. The van der Waals surface area contributed by atoms with Crippen LogP contribution in [0.1, 0.15) is 44.0 Å². The molecule has 0 atom stereocenters. The van der Waals surface area contributed by atoms with Crippen molar-refractivity contribution in [3.05, 3.63) is 54.1 Å². The van der Waals surface area contributed by atoms with Gasteiger partial charge in [0.25, 0.3) is 0 Å². The van der Waals surface area contributed by atoms with Crippen LogP contribution in [0.15, 0.2) is 48.5 Å². The van der Waals surface area contributed by atoms with E-state index in [9.17, 15) is 14.4 Å². The summed E-state index contributed by atoms with van der Waals surface area (Å²) in [5.74, 6) is 0.213. The zero-order valence-electron chi connectivity index (χ0n) is 16.5. The Morgan fingerprint density at radius 1 is 0.857 bits per heavy atom. The van der Waals surface area contributed by atoms with Crippen LogP contribution in [0.4, 0.5) is 11.4 Å². The molecule has 6 nitrogen and oxygen atoms in total. The van der Waals surface area contributed by atoms with E-state index in [-0.39, 0.29) is 36.4 Å². The molecule has 0 bridgehead atoms. The smallest absolute Gasteiger partial charge is 0.226 e. The normalized spacial score (nSPS) is 10.4. The highest BCUT2D eigenvalue weighted by atomic mass is 16.5. The van der Waals surface area contributed by atoms with Crippen molar-refractivity contribution in [3.63, 3.8) is 0 Å². The number of ketones is 1. The number of amides is 2. The van der Waals surface area contributed by atoms with Gasteiger partial charge >= 0.3 is 0 Å². The van der Waals surface area contributed by atoms with E-state index in [1.54, 1.807) is 48.5 Å². The van der Waals surface area contributed by atoms with E-state index in [4.69, 9.17) is 4.74 Å². The lowest BCUT2D eigenvalue weighted by molar-refractivity contribution is -0.119. The van der Waals surface area contributed by atoms with Gasteiger partial charge in [-0.05, 0) is 55.5 Å². The first-order chi connectivity index (χ1) is 13.4. The molecule has 0 unspecified atom stereocenters. The maximum Gasteiger partial charge on any atom is 0.226 e. The first kappa shape index (κ1) is 21.2. The maximum absolute atomic E-state index is 12.2. The molecular formula is C22H26N2O4. The second-order valence-corrected chi connectivity index (χ2v) is 6.65. The molecular weight excluding hydrogens is 356 g/mol. The van der Waals surface area contributed by atoms with Crippen LogP contribution in [-0.4, -0.2) is 24.2 Å². The predicted octanol–water partition coefficient (Wildman–Crippen LogP) is 4.28. The number of nitrogens with one attached hydrogen (secondary N) is 2. The average Bonchev–Trinajstić information content (AvgIpc) is 2.68. The van der Waals surface area contributed by atoms with E-state index < -0.39 is 0 Å². The fraction of sp³-hybridized carbons (Fsp3) is 0.318.